The molecule has 0 atom stereocenters. The van der Waals surface area contributed by atoms with E-state index in [1.54, 1.807) is 13.1 Å². The van der Waals surface area contributed by atoms with Crippen LogP contribution >= 0.6 is 0 Å². The van der Waals surface area contributed by atoms with Gasteiger partial charge in [0.05, 0.1) is 6.54 Å². The molecule has 4 heteroatoms. The fourth-order valence-corrected chi connectivity index (χ4v) is 1.43. The summed E-state index contributed by atoms with van der Waals surface area (Å²) in [5, 5.41) is 6.25. The molecule has 0 saturated heterocycles. The van der Waals surface area contributed by atoms with E-state index >= 15 is 0 Å². The van der Waals surface area contributed by atoms with Crippen LogP contribution in [0.4, 0.5) is 0 Å². The third kappa shape index (κ3) is 5.39. The molecule has 4 nitrogen and oxygen atoms in total. The molecule has 0 radical (unpaired) electrons. The van der Waals surface area contributed by atoms with Gasteiger partial charge in [-0.05, 0) is 24.6 Å². The van der Waals surface area contributed by atoms with Gasteiger partial charge in [-0.1, -0.05) is 18.2 Å². The standard InChI is InChI=1S/C14H21N3O/c1-4-8-16-14(15-3)17-9-10-18-13-7-5-6-12(2)11-13/h4-7,11H,1,8-10H2,2-3H3,(H2,15,16,17). The zero-order chi connectivity index (χ0) is 13.2. The molecule has 0 aliphatic heterocycles. The number of guanidine groups is 1. The lowest BCUT2D eigenvalue weighted by Crippen LogP contribution is -2.39. The van der Waals surface area contributed by atoms with Gasteiger partial charge in [-0.15, -0.1) is 6.58 Å². The molecular formula is C14H21N3O. The quantitative estimate of drug-likeness (QED) is 0.348. The topological polar surface area (TPSA) is 45.7 Å². The molecule has 0 amide bonds. The third-order valence-electron chi connectivity index (χ3n) is 2.29. The second-order valence-electron chi connectivity index (χ2n) is 3.83. The van der Waals surface area contributed by atoms with E-state index in [0.717, 1.165) is 11.7 Å². The summed E-state index contributed by atoms with van der Waals surface area (Å²) in [7, 11) is 1.74. The van der Waals surface area contributed by atoms with Gasteiger partial charge in [0.2, 0.25) is 0 Å². The van der Waals surface area contributed by atoms with Crippen molar-refractivity contribution in [3.8, 4) is 5.75 Å². The molecule has 0 aliphatic carbocycles. The van der Waals surface area contributed by atoms with Crippen molar-refractivity contribution in [3.63, 3.8) is 0 Å². The molecule has 2 N–H and O–H groups in total. The summed E-state index contributed by atoms with van der Waals surface area (Å²) in [5.74, 6) is 1.65. The summed E-state index contributed by atoms with van der Waals surface area (Å²) in [6, 6.07) is 8.01. The molecule has 1 aromatic rings. The summed E-state index contributed by atoms with van der Waals surface area (Å²) in [4.78, 5) is 4.08. The maximum atomic E-state index is 5.62. The zero-order valence-electron chi connectivity index (χ0n) is 11.1. The van der Waals surface area contributed by atoms with E-state index < -0.39 is 0 Å². The van der Waals surface area contributed by atoms with Crippen LogP contribution in [-0.4, -0.2) is 32.7 Å². The normalized spacial score (nSPS) is 10.9. The van der Waals surface area contributed by atoms with E-state index in [2.05, 4.69) is 22.2 Å². The molecule has 0 spiro atoms. The first kappa shape index (κ1) is 14.1. The van der Waals surface area contributed by atoms with Gasteiger partial charge < -0.3 is 15.4 Å². The first-order valence-electron chi connectivity index (χ1n) is 6.01. The van der Waals surface area contributed by atoms with Crippen molar-refractivity contribution < 1.29 is 4.74 Å². The smallest absolute Gasteiger partial charge is 0.191 e. The second kappa shape index (κ2) is 8.17. The Morgan fingerprint density at radius 2 is 2.28 bits per heavy atom. The first-order chi connectivity index (χ1) is 8.76. The van der Waals surface area contributed by atoms with Gasteiger partial charge in [0.15, 0.2) is 5.96 Å². The molecule has 0 bridgehead atoms. The molecule has 1 rings (SSSR count). The Balaban J connectivity index is 2.23. The van der Waals surface area contributed by atoms with E-state index in [4.69, 9.17) is 4.74 Å². The Kier molecular flexibility index (Phi) is 6.40. The number of benzene rings is 1. The fraction of sp³-hybridized carbons (Fsp3) is 0.357. The average Bonchev–Trinajstić information content (AvgIpc) is 2.38. The lowest BCUT2D eigenvalue weighted by Gasteiger charge is -2.11. The van der Waals surface area contributed by atoms with Crippen LogP contribution < -0.4 is 15.4 Å². The van der Waals surface area contributed by atoms with Gasteiger partial charge in [0.1, 0.15) is 12.4 Å². The summed E-state index contributed by atoms with van der Waals surface area (Å²) in [5.41, 5.74) is 1.20. The molecule has 0 unspecified atom stereocenters. The Bertz CT molecular complexity index is 402. The van der Waals surface area contributed by atoms with E-state index in [1.165, 1.54) is 5.56 Å². The lowest BCUT2D eigenvalue weighted by atomic mass is 10.2. The number of rotatable bonds is 6. The Morgan fingerprint density at radius 1 is 1.44 bits per heavy atom. The summed E-state index contributed by atoms with van der Waals surface area (Å²) in [6.07, 6.45) is 1.79. The molecule has 0 aromatic heterocycles. The first-order valence-corrected chi connectivity index (χ1v) is 6.01. The minimum absolute atomic E-state index is 0.595. The summed E-state index contributed by atoms with van der Waals surface area (Å²) in [6.45, 7) is 7.68. The molecule has 0 saturated carbocycles. The van der Waals surface area contributed by atoms with Crippen LogP contribution in [0.2, 0.25) is 0 Å². The number of nitrogens with one attached hydrogen (secondary N) is 2. The van der Waals surface area contributed by atoms with Crippen molar-refractivity contribution in [2.45, 2.75) is 6.92 Å². The van der Waals surface area contributed by atoms with Crippen LogP contribution in [0.15, 0.2) is 41.9 Å². The van der Waals surface area contributed by atoms with Gasteiger partial charge >= 0.3 is 0 Å². The molecule has 0 aliphatic rings. The number of aryl methyl sites for hydroxylation is 1. The van der Waals surface area contributed by atoms with Crippen LogP contribution in [0.3, 0.4) is 0 Å². The minimum Gasteiger partial charge on any atom is -0.492 e. The molecule has 0 fully saturated rings. The number of hydrogen-bond donors (Lipinski definition) is 2. The largest absolute Gasteiger partial charge is 0.492 e. The molecule has 0 heterocycles. The van der Waals surface area contributed by atoms with Crippen molar-refractivity contribution >= 4 is 5.96 Å². The van der Waals surface area contributed by atoms with E-state index in [-0.39, 0.29) is 0 Å². The summed E-state index contributed by atoms with van der Waals surface area (Å²) >= 11 is 0. The Hall–Kier alpha value is -1.97. The highest BCUT2D eigenvalue weighted by molar-refractivity contribution is 5.79. The van der Waals surface area contributed by atoms with Crippen molar-refractivity contribution in [3.05, 3.63) is 42.5 Å². The molecule has 98 valence electrons. The molecule has 1 aromatic carbocycles. The monoisotopic (exact) mass is 247 g/mol. The SMILES string of the molecule is C=CCNC(=NC)NCCOc1cccc(C)c1. The average molecular weight is 247 g/mol. The van der Waals surface area contributed by atoms with E-state index in [0.29, 0.717) is 19.7 Å². The van der Waals surface area contributed by atoms with Crippen LogP contribution in [0, 0.1) is 6.92 Å². The highest BCUT2D eigenvalue weighted by Crippen LogP contribution is 2.11. The van der Waals surface area contributed by atoms with Crippen molar-refractivity contribution in [1.82, 2.24) is 10.6 Å². The van der Waals surface area contributed by atoms with Gasteiger partial charge in [0, 0.05) is 13.6 Å². The predicted octanol–water partition coefficient (Wildman–Crippen LogP) is 1.72. The van der Waals surface area contributed by atoms with Crippen LogP contribution in [-0.2, 0) is 0 Å². The van der Waals surface area contributed by atoms with Gasteiger partial charge in [-0.3, -0.25) is 4.99 Å². The van der Waals surface area contributed by atoms with Crippen molar-refractivity contribution in [1.29, 1.82) is 0 Å². The predicted molar refractivity (Wildman–Crippen MR) is 76.2 cm³/mol. The maximum Gasteiger partial charge on any atom is 0.191 e. The van der Waals surface area contributed by atoms with Crippen molar-refractivity contribution in [2.24, 2.45) is 4.99 Å². The molecular weight excluding hydrogens is 226 g/mol. The van der Waals surface area contributed by atoms with Crippen LogP contribution in [0.1, 0.15) is 5.56 Å². The third-order valence-corrected chi connectivity index (χ3v) is 2.29. The second-order valence-corrected chi connectivity index (χ2v) is 3.83. The minimum atomic E-state index is 0.595. The Labute approximate surface area is 109 Å². The fourth-order valence-electron chi connectivity index (χ4n) is 1.43. The van der Waals surface area contributed by atoms with Crippen LogP contribution in [0.5, 0.6) is 5.75 Å². The summed E-state index contributed by atoms with van der Waals surface area (Å²) < 4.78 is 5.62. The Morgan fingerprint density at radius 3 is 2.94 bits per heavy atom. The highest BCUT2D eigenvalue weighted by atomic mass is 16.5. The van der Waals surface area contributed by atoms with E-state index in [9.17, 15) is 0 Å². The van der Waals surface area contributed by atoms with Crippen molar-refractivity contribution in [2.75, 3.05) is 26.7 Å². The number of aliphatic imine (C=N–C) groups is 1. The number of ether oxygens (including phenoxy) is 1. The maximum absolute atomic E-state index is 5.62. The van der Waals surface area contributed by atoms with Gasteiger partial charge in [-0.2, -0.15) is 0 Å². The van der Waals surface area contributed by atoms with Crippen LogP contribution in [0.25, 0.3) is 0 Å². The zero-order valence-corrected chi connectivity index (χ0v) is 11.1. The number of hydrogen-bond acceptors (Lipinski definition) is 2. The lowest BCUT2D eigenvalue weighted by molar-refractivity contribution is 0.322. The van der Waals surface area contributed by atoms with Gasteiger partial charge in [-0.25, -0.2) is 0 Å². The van der Waals surface area contributed by atoms with E-state index in [1.807, 2.05) is 31.2 Å². The van der Waals surface area contributed by atoms with Gasteiger partial charge in [0.25, 0.3) is 0 Å². The number of nitrogens with zero attached hydrogens (tertiary/aromatic N) is 1. The highest BCUT2D eigenvalue weighted by Gasteiger charge is 1.96. The molecule has 18 heavy (non-hydrogen) atoms.